The molecule has 5 heteroatoms. The molecule has 0 saturated heterocycles. The van der Waals surface area contributed by atoms with Crippen LogP contribution in [0.5, 0.6) is 0 Å². The second-order valence-corrected chi connectivity index (χ2v) is 3.57. The molecule has 0 fully saturated rings. The average Bonchev–Trinajstić information content (AvgIpc) is 2.07. The Morgan fingerprint density at radius 2 is 1.67 bits per heavy atom. The maximum Gasteiger partial charge on any atom is 0.426 e. The van der Waals surface area contributed by atoms with E-state index in [4.69, 9.17) is 5.73 Å². The molecule has 1 atom stereocenters. The highest BCUT2D eigenvalue weighted by Crippen LogP contribution is 2.42. The van der Waals surface area contributed by atoms with Gasteiger partial charge in [-0.25, -0.2) is 4.39 Å². The van der Waals surface area contributed by atoms with Gasteiger partial charge in [-0.05, 0) is 31.0 Å². The van der Waals surface area contributed by atoms with Crippen LogP contribution in [0.4, 0.5) is 23.2 Å². The lowest BCUT2D eigenvalue weighted by Gasteiger charge is -2.24. The zero-order valence-electron chi connectivity index (χ0n) is 8.32. The van der Waals surface area contributed by atoms with E-state index in [0.29, 0.717) is 18.2 Å². The lowest BCUT2D eigenvalue weighted by atomic mass is 9.95. The monoisotopic (exact) mass is 221 g/mol. The molecule has 0 aromatic heterocycles. The maximum atomic E-state index is 13.5. The number of halogens is 4. The Kier molecular flexibility index (Phi) is 2.67. The highest BCUT2D eigenvalue weighted by Gasteiger charge is 2.53. The van der Waals surface area contributed by atoms with Crippen molar-refractivity contribution in [2.24, 2.45) is 0 Å². The van der Waals surface area contributed by atoms with Crippen molar-refractivity contribution >= 4 is 5.69 Å². The minimum absolute atomic E-state index is 0.344. The van der Waals surface area contributed by atoms with Gasteiger partial charge in [0.1, 0.15) is 0 Å². The molecule has 0 aliphatic heterocycles. The van der Waals surface area contributed by atoms with Crippen LogP contribution in [0.3, 0.4) is 0 Å². The predicted molar refractivity (Wildman–Crippen MR) is 50.1 cm³/mol. The van der Waals surface area contributed by atoms with Crippen LogP contribution in [0, 0.1) is 6.92 Å². The summed E-state index contributed by atoms with van der Waals surface area (Å²) in [7, 11) is 0. The van der Waals surface area contributed by atoms with Gasteiger partial charge < -0.3 is 5.73 Å². The van der Waals surface area contributed by atoms with E-state index in [0.717, 1.165) is 12.1 Å². The van der Waals surface area contributed by atoms with Crippen molar-refractivity contribution in [1.29, 1.82) is 0 Å². The summed E-state index contributed by atoms with van der Waals surface area (Å²) in [5.74, 6) is 0. The fraction of sp³-hybridized carbons (Fsp3) is 0.400. The molecular formula is C10H11F4N. The Bertz CT molecular complexity index is 368. The molecule has 84 valence electrons. The molecular weight excluding hydrogens is 210 g/mol. The van der Waals surface area contributed by atoms with Gasteiger partial charge >= 0.3 is 6.18 Å². The number of hydrogen-bond acceptors (Lipinski definition) is 1. The molecule has 15 heavy (non-hydrogen) atoms. The lowest BCUT2D eigenvalue weighted by molar-refractivity contribution is -0.228. The lowest BCUT2D eigenvalue weighted by Crippen LogP contribution is -2.35. The van der Waals surface area contributed by atoms with Crippen molar-refractivity contribution in [1.82, 2.24) is 0 Å². The molecule has 0 aliphatic carbocycles. The maximum absolute atomic E-state index is 13.5. The molecule has 0 bridgehead atoms. The Hall–Kier alpha value is -1.26. The fourth-order valence-electron chi connectivity index (χ4n) is 1.13. The third-order valence-electron chi connectivity index (χ3n) is 2.34. The number of alkyl halides is 4. The van der Waals surface area contributed by atoms with Crippen molar-refractivity contribution in [2.75, 3.05) is 5.73 Å². The minimum Gasteiger partial charge on any atom is -0.399 e. The highest BCUT2D eigenvalue weighted by molar-refractivity contribution is 5.48. The van der Waals surface area contributed by atoms with Gasteiger partial charge in [0.15, 0.2) is 0 Å². The number of nitrogens with two attached hydrogens (primary N) is 1. The number of hydrogen-bond donors (Lipinski definition) is 1. The van der Waals surface area contributed by atoms with Gasteiger partial charge in [-0.3, -0.25) is 0 Å². The van der Waals surface area contributed by atoms with Gasteiger partial charge in [0.2, 0.25) is 5.67 Å². The van der Waals surface area contributed by atoms with Crippen molar-refractivity contribution in [3.63, 3.8) is 0 Å². The van der Waals surface area contributed by atoms with Crippen LogP contribution in [-0.4, -0.2) is 6.18 Å². The number of nitrogen functional groups attached to an aromatic ring is 1. The van der Waals surface area contributed by atoms with Crippen LogP contribution >= 0.6 is 0 Å². The predicted octanol–water partition coefficient (Wildman–Crippen LogP) is 3.32. The van der Waals surface area contributed by atoms with Gasteiger partial charge in [-0.2, -0.15) is 13.2 Å². The largest absolute Gasteiger partial charge is 0.426 e. The molecule has 1 aromatic rings. The van der Waals surface area contributed by atoms with E-state index in [1.807, 2.05) is 0 Å². The molecule has 1 nitrogen and oxygen atoms in total. The summed E-state index contributed by atoms with van der Waals surface area (Å²) in [6.45, 7) is 2.03. The third kappa shape index (κ3) is 2.06. The van der Waals surface area contributed by atoms with Gasteiger partial charge in [0, 0.05) is 5.69 Å². The summed E-state index contributed by atoms with van der Waals surface area (Å²) in [6.07, 6.45) is -4.92. The molecule has 0 saturated carbocycles. The van der Waals surface area contributed by atoms with Crippen molar-refractivity contribution in [2.45, 2.75) is 25.7 Å². The number of benzene rings is 1. The van der Waals surface area contributed by atoms with Crippen LogP contribution in [0.2, 0.25) is 0 Å². The van der Waals surface area contributed by atoms with E-state index in [1.165, 1.54) is 13.0 Å². The van der Waals surface area contributed by atoms with E-state index < -0.39 is 17.4 Å². The summed E-state index contributed by atoms with van der Waals surface area (Å²) >= 11 is 0. The first kappa shape index (κ1) is 11.8. The van der Waals surface area contributed by atoms with E-state index in [2.05, 4.69) is 0 Å². The topological polar surface area (TPSA) is 26.0 Å². The number of rotatable bonds is 1. The minimum atomic E-state index is -4.92. The van der Waals surface area contributed by atoms with Gasteiger partial charge in [-0.1, -0.05) is 12.1 Å². The molecule has 1 aromatic carbocycles. The molecule has 0 radical (unpaired) electrons. The van der Waals surface area contributed by atoms with Crippen LogP contribution in [0.15, 0.2) is 18.2 Å². The van der Waals surface area contributed by atoms with Crippen molar-refractivity contribution in [3.05, 3.63) is 29.3 Å². The molecule has 0 spiro atoms. The summed E-state index contributed by atoms with van der Waals surface area (Å²) in [6, 6.07) is 3.44. The highest BCUT2D eigenvalue weighted by atomic mass is 19.4. The van der Waals surface area contributed by atoms with Crippen molar-refractivity contribution in [3.8, 4) is 0 Å². The Morgan fingerprint density at radius 1 is 1.13 bits per heavy atom. The average molecular weight is 221 g/mol. The summed E-state index contributed by atoms with van der Waals surface area (Å²) in [5, 5.41) is 0. The zero-order valence-corrected chi connectivity index (χ0v) is 8.32. The molecule has 1 unspecified atom stereocenters. The van der Waals surface area contributed by atoms with E-state index in [-0.39, 0.29) is 0 Å². The van der Waals surface area contributed by atoms with E-state index in [1.54, 1.807) is 0 Å². The first-order chi connectivity index (χ1) is 6.66. The van der Waals surface area contributed by atoms with Gasteiger partial charge in [-0.15, -0.1) is 0 Å². The van der Waals surface area contributed by atoms with Crippen LogP contribution in [0.25, 0.3) is 0 Å². The number of aryl methyl sites for hydroxylation is 1. The quantitative estimate of drug-likeness (QED) is 0.571. The first-order valence-electron chi connectivity index (χ1n) is 4.28. The number of anilines is 1. The Balaban J connectivity index is 3.22. The normalized spacial score (nSPS) is 16.1. The Morgan fingerprint density at radius 3 is 2.07 bits per heavy atom. The van der Waals surface area contributed by atoms with E-state index in [9.17, 15) is 17.6 Å². The van der Waals surface area contributed by atoms with Crippen molar-refractivity contribution < 1.29 is 17.6 Å². The Labute approximate surface area is 84.9 Å². The third-order valence-corrected chi connectivity index (χ3v) is 2.34. The van der Waals surface area contributed by atoms with Crippen LogP contribution in [0.1, 0.15) is 18.1 Å². The molecule has 0 heterocycles. The van der Waals surface area contributed by atoms with E-state index >= 15 is 0 Å². The standard InChI is InChI=1S/C10H11F4N/c1-6-5-7(3-4-8(6)15)9(2,11)10(12,13)14/h3-5H,15H2,1-2H3. The summed E-state index contributed by atoms with van der Waals surface area (Å²) < 4.78 is 50.5. The first-order valence-corrected chi connectivity index (χ1v) is 4.28. The molecule has 2 N–H and O–H groups in total. The van der Waals surface area contributed by atoms with Gasteiger partial charge in [0.05, 0.1) is 0 Å². The smallest absolute Gasteiger partial charge is 0.399 e. The molecule has 0 aliphatic rings. The van der Waals surface area contributed by atoms with Crippen LogP contribution in [-0.2, 0) is 5.67 Å². The van der Waals surface area contributed by atoms with Crippen LogP contribution < -0.4 is 5.73 Å². The second kappa shape index (κ2) is 3.40. The molecule has 0 amide bonds. The fourth-order valence-corrected chi connectivity index (χ4v) is 1.13. The second-order valence-electron chi connectivity index (χ2n) is 3.57. The zero-order chi connectivity index (χ0) is 11.9. The van der Waals surface area contributed by atoms with Gasteiger partial charge in [0.25, 0.3) is 0 Å². The summed E-state index contributed by atoms with van der Waals surface area (Å²) in [4.78, 5) is 0. The summed E-state index contributed by atoms with van der Waals surface area (Å²) in [5.41, 5.74) is 2.44. The SMILES string of the molecule is Cc1cc(C(C)(F)C(F)(F)F)ccc1N. The molecule has 1 rings (SSSR count).